The number of anilines is 1. The van der Waals surface area contributed by atoms with Crippen molar-refractivity contribution in [2.24, 2.45) is 5.92 Å². The molecule has 2 amide bonds. The molecule has 2 aromatic rings. The summed E-state index contributed by atoms with van der Waals surface area (Å²) in [7, 11) is 0. The molecule has 0 aromatic heterocycles. The molecule has 1 fully saturated rings. The Labute approximate surface area is 172 Å². The van der Waals surface area contributed by atoms with Gasteiger partial charge in [-0.2, -0.15) is 0 Å². The Morgan fingerprint density at radius 2 is 1.93 bits per heavy atom. The van der Waals surface area contributed by atoms with Crippen LogP contribution in [-0.4, -0.2) is 24.9 Å². The second-order valence-corrected chi connectivity index (χ2v) is 7.13. The lowest BCUT2D eigenvalue weighted by molar-refractivity contribution is -0.122. The standard InChI is InChI=1S/C22H27N3O2.ClH/c1-16(24-21(26)11-10-17-12-13-23-15-17)19-8-5-9-20(14-19)25-22(27)18-6-3-2-4-7-18;/h2-9,14,16-17,23H,10-13,15H2,1H3,(H,24,26)(H,25,27);1H. The predicted molar refractivity (Wildman–Crippen MR) is 115 cm³/mol. The van der Waals surface area contributed by atoms with Crippen LogP contribution in [0.25, 0.3) is 0 Å². The first-order chi connectivity index (χ1) is 13.1. The van der Waals surface area contributed by atoms with Gasteiger partial charge in [-0.25, -0.2) is 0 Å². The highest BCUT2D eigenvalue weighted by molar-refractivity contribution is 6.04. The lowest BCUT2D eigenvalue weighted by atomic mass is 10.0. The van der Waals surface area contributed by atoms with Crippen LogP contribution in [0.4, 0.5) is 5.69 Å². The van der Waals surface area contributed by atoms with Crippen molar-refractivity contribution in [3.8, 4) is 0 Å². The summed E-state index contributed by atoms with van der Waals surface area (Å²) >= 11 is 0. The zero-order valence-corrected chi connectivity index (χ0v) is 16.9. The predicted octanol–water partition coefficient (Wildman–Crippen LogP) is 3.93. The summed E-state index contributed by atoms with van der Waals surface area (Å²) in [6.45, 7) is 4.04. The van der Waals surface area contributed by atoms with Gasteiger partial charge in [-0.15, -0.1) is 12.4 Å². The van der Waals surface area contributed by atoms with Gasteiger partial charge in [-0.3, -0.25) is 9.59 Å². The van der Waals surface area contributed by atoms with Gasteiger partial charge >= 0.3 is 0 Å². The van der Waals surface area contributed by atoms with E-state index in [-0.39, 0.29) is 30.3 Å². The number of benzene rings is 2. The van der Waals surface area contributed by atoms with Gasteiger partial charge in [0.05, 0.1) is 6.04 Å². The molecule has 1 aliphatic heterocycles. The summed E-state index contributed by atoms with van der Waals surface area (Å²) < 4.78 is 0. The highest BCUT2D eigenvalue weighted by Gasteiger charge is 2.17. The van der Waals surface area contributed by atoms with E-state index in [1.165, 1.54) is 0 Å². The molecule has 150 valence electrons. The molecular weight excluding hydrogens is 374 g/mol. The Morgan fingerprint density at radius 3 is 2.64 bits per heavy atom. The van der Waals surface area contributed by atoms with Crippen molar-refractivity contribution in [1.82, 2.24) is 10.6 Å². The Bertz CT molecular complexity index is 776. The third-order valence-corrected chi connectivity index (χ3v) is 5.00. The van der Waals surface area contributed by atoms with Crippen LogP contribution in [0.2, 0.25) is 0 Å². The maximum absolute atomic E-state index is 12.3. The Hall–Kier alpha value is -2.37. The fourth-order valence-corrected chi connectivity index (χ4v) is 3.37. The summed E-state index contributed by atoms with van der Waals surface area (Å²) in [5, 5.41) is 9.30. The normalized spacial score (nSPS) is 16.7. The van der Waals surface area contributed by atoms with E-state index < -0.39 is 0 Å². The van der Waals surface area contributed by atoms with Crippen molar-refractivity contribution >= 4 is 29.9 Å². The molecule has 6 heteroatoms. The molecule has 0 saturated carbocycles. The van der Waals surface area contributed by atoms with E-state index in [1.54, 1.807) is 12.1 Å². The van der Waals surface area contributed by atoms with Crippen molar-refractivity contribution in [2.45, 2.75) is 32.2 Å². The van der Waals surface area contributed by atoms with Crippen molar-refractivity contribution in [3.63, 3.8) is 0 Å². The first kappa shape index (κ1) is 21.9. The quantitative estimate of drug-likeness (QED) is 0.658. The van der Waals surface area contributed by atoms with E-state index in [2.05, 4.69) is 16.0 Å². The number of carbonyl (C=O) groups is 2. The number of hydrogen-bond donors (Lipinski definition) is 3. The Balaban J connectivity index is 0.00000280. The molecule has 1 aliphatic rings. The molecule has 1 saturated heterocycles. The number of halogens is 1. The number of carbonyl (C=O) groups excluding carboxylic acids is 2. The van der Waals surface area contributed by atoms with Gasteiger partial charge in [0.2, 0.25) is 5.91 Å². The summed E-state index contributed by atoms with van der Waals surface area (Å²) in [4.78, 5) is 24.5. The molecule has 2 aromatic carbocycles. The highest BCUT2D eigenvalue weighted by Crippen LogP contribution is 2.19. The minimum Gasteiger partial charge on any atom is -0.350 e. The van der Waals surface area contributed by atoms with Crippen LogP contribution < -0.4 is 16.0 Å². The smallest absolute Gasteiger partial charge is 0.255 e. The van der Waals surface area contributed by atoms with Crippen LogP contribution in [0.15, 0.2) is 54.6 Å². The van der Waals surface area contributed by atoms with Gasteiger partial charge in [0, 0.05) is 17.7 Å². The second kappa shape index (κ2) is 10.8. The fourth-order valence-electron chi connectivity index (χ4n) is 3.37. The maximum Gasteiger partial charge on any atom is 0.255 e. The average molecular weight is 402 g/mol. The van der Waals surface area contributed by atoms with Gasteiger partial charge in [-0.05, 0) is 68.6 Å². The zero-order chi connectivity index (χ0) is 19.1. The Kier molecular flexibility index (Phi) is 8.48. The van der Waals surface area contributed by atoms with E-state index in [1.807, 2.05) is 49.4 Å². The van der Waals surface area contributed by atoms with Gasteiger partial charge in [-0.1, -0.05) is 30.3 Å². The van der Waals surface area contributed by atoms with Gasteiger partial charge in [0.25, 0.3) is 5.91 Å². The Morgan fingerprint density at radius 1 is 1.14 bits per heavy atom. The first-order valence-electron chi connectivity index (χ1n) is 9.58. The van der Waals surface area contributed by atoms with E-state index in [0.29, 0.717) is 17.9 Å². The van der Waals surface area contributed by atoms with Crippen LogP contribution in [0.1, 0.15) is 48.1 Å². The molecule has 2 atom stereocenters. The average Bonchev–Trinajstić information content (AvgIpc) is 3.21. The summed E-state index contributed by atoms with van der Waals surface area (Å²) in [6, 6.07) is 16.6. The van der Waals surface area contributed by atoms with Crippen LogP contribution in [0, 0.1) is 5.92 Å². The second-order valence-electron chi connectivity index (χ2n) is 7.13. The van der Waals surface area contributed by atoms with E-state index in [9.17, 15) is 9.59 Å². The number of amides is 2. The SMILES string of the molecule is CC(NC(=O)CCC1CCNC1)c1cccc(NC(=O)c2ccccc2)c1.Cl. The molecule has 3 rings (SSSR count). The van der Waals surface area contributed by atoms with E-state index in [0.717, 1.165) is 37.2 Å². The number of nitrogens with one attached hydrogen (secondary N) is 3. The van der Waals surface area contributed by atoms with E-state index in [4.69, 9.17) is 0 Å². The maximum atomic E-state index is 12.3. The van der Waals surface area contributed by atoms with Crippen LogP contribution in [-0.2, 0) is 4.79 Å². The third-order valence-electron chi connectivity index (χ3n) is 5.00. The molecule has 0 bridgehead atoms. The highest BCUT2D eigenvalue weighted by atomic mass is 35.5. The van der Waals surface area contributed by atoms with Gasteiger partial charge in [0.1, 0.15) is 0 Å². The summed E-state index contributed by atoms with van der Waals surface area (Å²) in [5.74, 6) is 0.547. The van der Waals surface area contributed by atoms with Crippen LogP contribution in [0.5, 0.6) is 0 Å². The largest absolute Gasteiger partial charge is 0.350 e. The number of rotatable bonds is 7. The molecule has 28 heavy (non-hydrogen) atoms. The van der Waals surface area contributed by atoms with E-state index >= 15 is 0 Å². The van der Waals surface area contributed by atoms with Crippen molar-refractivity contribution in [2.75, 3.05) is 18.4 Å². The van der Waals surface area contributed by atoms with Crippen molar-refractivity contribution < 1.29 is 9.59 Å². The van der Waals surface area contributed by atoms with Crippen LogP contribution in [0.3, 0.4) is 0 Å². The topological polar surface area (TPSA) is 70.2 Å². The lowest BCUT2D eigenvalue weighted by Crippen LogP contribution is -2.27. The van der Waals surface area contributed by atoms with Crippen molar-refractivity contribution in [3.05, 3.63) is 65.7 Å². The lowest BCUT2D eigenvalue weighted by Gasteiger charge is -2.16. The molecule has 1 heterocycles. The fraction of sp³-hybridized carbons (Fsp3) is 0.364. The molecule has 0 spiro atoms. The number of hydrogen-bond acceptors (Lipinski definition) is 3. The zero-order valence-electron chi connectivity index (χ0n) is 16.1. The molecule has 3 N–H and O–H groups in total. The minimum atomic E-state index is -0.144. The van der Waals surface area contributed by atoms with Crippen molar-refractivity contribution in [1.29, 1.82) is 0 Å². The summed E-state index contributed by atoms with van der Waals surface area (Å²) in [6.07, 6.45) is 2.64. The minimum absolute atomic E-state index is 0. The van der Waals surface area contributed by atoms with Gasteiger partial charge in [0.15, 0.2) is 0 Å². The molecule has 0 aliphatic carbocycles. The summed E-state index contributed by atoms with van der Waals surface area (Å²) in [5.41, 5.74) is 2.31. The molecule has 2 unspecified atom stereocenters. The molecule has 0 radical (unpaired) electrons. The first-order valence-corrected chi connectivity index (χ1v) is 9.58. The third kappa shape index (κ3) is 6.36. The molecular formula is C22H28ClN3O2. The monoisotopic (exact) mass is 401 g/mol. The van der Waals surface area contributed by atoms with Gasteiger partial charge < -0.3 is 16.0 Å². The molecule has 5 nitrogen and oxygen atoms in total. The van der Waals surface area contributed by atoms with Crippen LogP contribution >= 0.6 is 12.4 Å².